The summed E-state index contributed by atoms with van der Waals surface area (Å²) in [5.74, 6) is 0.914. The molecule has 1 aromatic carbocycles. The maximum absolute atomic E-state index is 7.51. The van der Waals surface area contributed by atoms with Gasteiger partial charge in [0, 0.05) is 5.69 Å². The minimum absolute atomic E-state index is 0.0652. The highest BCUT2D eigenvalue weighted by molar-refractivity contribution is 9.10. The first-order chi connectivity index (χ1) is 8.58. The smallest absolute Gasteiger partial charge is 0.230 e. The van der Waals surface area contributed by atoms with Crippen LogP contribution in [0.5, 0.6) is 11.6 Å². The molecule has 0 aliphatic carbocycles. The first-order valence-corrected chi connectivity index (χ1v) is 6.11. The number of aryl methyl sites for hydroxylation is 1. The van der Waals surface area contributed by atoms with Gasteiger partial charge in [0.15, 0.2) is 0 Å². The van der Waals surface area contributed by atoms with Crippen molar-refractivity contribution in [3.8, 4) is 11.6 Å². The molecular weight excluding hydrogens is 294 g/mol. The van der Waals surface area contributed by atoms with E-state index in [-0.39, 0.29) is 5.84 Å². The van der Waals surface area contributed by atoms with Gasteiger partial charge < -0.3 is 10.5 Å². The van der Waals surface area contributed by atoms with Crippen molar-refractivity contribution in [2.24, 2.45) is 5.73 Å². The molecule has 92 valence electrons. The molecule has 0 amide bonds. The van der Waals surface area contributed by atoms with Gasteiger partial charge in [-0.3, -0.25) is 5.41 Å². The molecule has 1 aromatic heterocycles. The van der Waals surface area contributed by atoms with E-state index in [1.54, 1.807) is 12.1 Å². The quantitative estimate of drug-likeness (QED) is 0.675. The summed E-state index contributed by atoms with van der Waals surface area (Å²) in [7, 11) is 0. The molecule has 0 aliphatic heterocycles. The van der Waals surface area contributed by atoms with Crippen molar-refractivity contribution in [1.29, 1.82) is 5.41 Å². The number of halogens is 1. The standard InChI is InChI=1S/C13H12BrN3O/c1-8-6-7-9(12(15)16)13(17-8)18-11-5-3-2-4-10(11)14/h2-7H,1H3,(H3,15,16). The second kappa shape index (κ2) is 5.18. The van der Waals surface area contributed by atoms with E-state index in [0.717, 1.165) is 10.2 Å². The van der Waals surface area contributed by atoms with E-state index in [2.05, 4.69) is 20.9 Å². The summed E-state index contributed by atoms with van der Waals surface area (Å²) in [6.07, 6.45) is 0. The summed E-state index contributed by atoms with van der Waals surface area (Å²) in [5.41, 5.74) is 6.80. The molecule has 0 bridgehead atoms. The van der Waals surface area contributed by atoms with Gasteiger partial charge in [-0.2, -0.15) is 0 Å². The van der Waals surface area contributed by atoms with Crippen molar-refractivity contribution in [3.63, 3.8) is 0 Å². The fraction of sp³-hybridized carbons (Fsp3) is 0.0769. The minimum Gasteiger partial charge on any atom is -0.437 e. The van der Waals surface area contributed by atoms with Crippen LogP contribution in [0.1, 0.15) is 11.3 Å². The first-order valence-electron chi connectivity index (χ1n) is 5.32. The van der Waals surface area contributed by atoms with Crippen LogP contribution in [0.3, 0.4) is 0 Å². The zero-order chi connectivity index (χ0) is 13.1. The molecule has 0 unspecified atom stereocenters. The van der Waals surface area contributed by atoms with E-state index in [9.17, 15) is 0 Å². The lowest BCUT2D eigenvalue weighted by Gasteiger charge is -2.10. The topological polar surface area (TPSA) is 72.0 Å². The zero-order valence-electron chi connectivity index (χ0n) is 9.77. The highest BCUT2D eigenvalue weighted by Gasteiger charge is 2.11. The van der Waals surface area contributed by atoms with Crippen LogP contribution in [0, 0.1) is 12.3 Å². The Labute approximate surface area is 113 Å². The third kappa shape index (κ3) is 2.68. The third-order valence-electron chi connectivity index (χ3n) is 2.33. The number of hydrogen-bond donors (Lipinski definition) is 2. The third-order valence-corrected chi connectivity index (χ3v) is 2.99. The van der Waals surface area contributed by atoms with Gasteiger partial charge in [0.25, 0.3) is 0 Å². The van der Waals surface area contributed by atoms with Crippen molar-refractivity contribution >= 4 is 21.8 Å². The van der Waals surface area contributed by atoms with Crippen molar-refractivity contribution < 1.29 is 4.74 Å². The molecule has 18 heavy (non-hydrogen) atoms. The molecule has 2 aromatic rings. The van der Waals surface area contributed by atoms with Crippen LogP contribution in [0.4, 0.5) is 0 Å². The Morgan fingerprint density at radius 3 is 2.67 bits per heavy atom. The molecule has 0 aliphatic rings. The fourth-order valence-corrected chi connectivity index (χ4v) is 1.81. The van der Waals surface area contributed by atoms with Crippen molar-refractivity contribution in [2.45, 2.75) is 6.92 Å². The van der Waals surface area contributed by atoms with Crippen LogP contribution in [-0.4, -0.2) is 10.8 Å². The van der Waals surface area contributed by atoms with Gasteiger partial charge in [-0.05, 0) is 47.1 Å². The number of aromatic nitrogens is 1. The fourth-order valence-electron chi connectivity index (χ4n) is 1.45. The largest absolute Gasteiger partial charge is 0.437 e. The Balaban J connectivity index is 2.42. The number of nitrogen functional groups attached to an aromatic ring is 1. The van der Waals surface area contributed by atoms with Crippen LogP contribution in [0.25, 0.3) is 0 Å². The number of benzene rings is 1. The molecule has 0 saturated carbocycles. The summed E-state index contributed by atoms with van der Waals surface area (Å²) in [5, 5.41) is 7.51. The normalized spacial score (nSPS) is 10.1. The second-order valence-electron chi connectivity index (χ2n) is 3.75. The molecular formula is C13H12BrN3O. The average molecular weight is 306 g/mol. The molecule has 0 atom stereocenters. The summed E-state index contributed by atoms with van der Waals surface area (Å²) in [6, 6.07) is 11.0. The number of pyridine rings is 1. The molecule has 4 nitrogen and oxygen atoms in total. The first kappa shape index (κ1) is 12.6. The molecule has 2 rings (SSSR count). The molecule has 5 heteroatoms. The number of hydrogen-bond acceptors (Lipinski definition) is 3. The van der Waals surface area contributed by atoms with Gasteiger partial charge in [0.05, 0.1) is 10.0 Å². The number of ether oxygens (including phenoxy) is 1. The molecule has 0 saturated heterocycles. The molecule has 0 fully saturated rings. The van der Waals surface area contributed by atoms with E-state index in [1.165, 1.54) is 0 Å². The van der Waals surface area contributed by atoms with E-state index < -0.39 is 0 Å². The number of para-hydroxylation sites is 1. The van der Waals surface area contributed by atoms with Crippen LogP contribution in [-0.2, 0) is 0 Å². The van der Waals surface area contributed by atoms with Gasteiger partial charge in [0.1, 0.15) is 11.6 Å². The summed E-state index contributed by atoms with van der Waals surface area (Å²) in [6.45, 7) is 1.86. The maximum atomic E-state index is 7.51. The number of rotatable bonds is 3. The van der Waals surface area contributed by atoms with E-state index in [1.807, 2.05) is 31.2 Å². The number of nitrogens with one attached hydrogen (secondary N) is 1. The van der Waals surface area contributed by atoms with Crippen LogP contribution in [0.15, 0.2) is 40.9 Å². The second-order valence-corrected chi connectivity index (χ2v) is 4.61. The Morgan fingerprint density at radius 1 is 1.28 bits per heavy atom. The van der Waals surface area contributed by atoms with Gasteiger partial charge in [-0.15, -0.1) is 0 Å². The molecule has 0 spiro atoms. The highest BCUT2D eigenvalue weighted by Crippen LogP contribution is 2.29. The van der Waals surface area contributed by atoms with Crippen LogP contribution >= 0.6 is 15.9 Å². The molecule has 0 radical (unpaired) electrons. The summed E-state index contributed by atoms with van der Waals surface area (Å²) >= 11 is 3.40. The van der Waals surface area contributed by atoms with E-state index >= 15 is 0 Å². The highest BCUT2D eigenvalue weighted by atomic mass is 79.9. The molecule has 1 heterocycles. The lowest BCUT2D eigenvalue weighted by Crippen LogP contribution is -2.13. The van der Waals surface area contributed by atoms with Crippen molar-refractivity contribution in [2.75, 3.05) is 0 Å². The van der Waals surface area contributed by atoms with Crippen LogP contribution in [0.2, 0.25) is 0 Å². The Morgan fingerprint density at radius 2 is 2.00 bits per heavy atom. The summed E-state index contributed by atoms with van der Waals surface area (Å²) in [4.78, 5) is 4.27. The van der Waals surface area contributed by atoms with Gasteiger partial charge in [-0.1, -0.05) is 12.1 Å². The van der Waals surface area contributed by atoms with Crippen molar-refractivity contribution in [3.05, 3.63) is 52.1 Å². The Bertz CT molecular complexity index is 599. The minimum atomic E-state index is -0.0652. The summed E-state index contributed by atoms with van der Waals surface area (Å²) < 4.78 is 6.53. The SMILES string of the molecule is Cc1ccc(C(=N)N)c(Oc2ccccc2Br)n1. The van der Waals surface area contributed by atoms with Gasteiger partial charge in [-0.25, -0.2) is 4.98 Å². The van der Waals surface area contributed by atoms with E-state index in [4.69, 9.17) is 15.9 Å². The van der Waals surface area contributed by atoms with Crippen molar-refractivity contribution in [1.82, 2.24) is 4.98 Å². The average Bonchev–Trinajstić information content (AvgIpc) is 2.32. The predicted octanol–water partition coefficient (Wildman–Crippen LogP) is 3.23. The van der Waals surface area contributed by atoms with E-state index in [0.29, 0.717) is 17.2 Å². The number of nitrogens with zero attached hydrogens (tertiary/aromatic N) is 1. The maximum Gasteiger partial charge on any atom is 0.230 e. The lowest BCUT2D eigenvalue weighted by molar-refractivity contribution is 0.457. The lowest BCUT2D eigenvalue weighted by atomic mass is 10.2. The molecule has 3 N–H and O–H groups in total. The number of nitrogens with two attached hydrogens (primary N) is 1. The Hall–Kier alpha value is -1.88. The monoisotopic (exact) mass is 305 g/mol. The zero-order valence-corrected chi connectivity index (χ0v) is 11.4. The Kier molecular flexibility index (Phi) is 3.62. The van der Waals surface area contributed by atoms with Gasteiger partial charge >= 0.3 is 0 Å². The van der Waals surface area contributed by atoms with Crippen LogP contribution < -0.4 is 10.5 Å². The number of amidine groups is 1. The predicted molar refractivity (Wildman–Crippen MR) is 74.2 cm³/mol. The van der Waals surface area contributed by atoms with Gasteiger partial charge in [0.2, 0.25) is 5.88 Å².